The highest BCUT2D eigenvalue weighted by molar-refractivity contribution is 14.1. The first-order chi connectivity index (χ1) is 5.36. The van der Waals surface area contributed by atoms with Crippen molar-refractivity contribution in [2.45, 2.75) is 37.9 Å². The number of aliphatic hydroxyl groups excluding tert-OH is 1. The fraction of sp³-hybridized carbons (Fsp3) is 1.00. The number of alkyl halides is 1. The van der Waals surface area contributed by atoms with Crippen molar-refractivity contribution in [2.24, 2.45) is 0 Å². The summed E-state index contributed by atoms with van der Waals surface area (Å²) in [6.07, 6.45) is 5.15. The molecule has 1 N–H and O–H groups in total. The van der Waals surface area contributed by atoms with E-state index in [1.54, 1.807) is 0 Å². The van der Waals surface area contributed by atoms with Crippen LogP contribution in [0.25, 0.3) is 0 Å². The van der Waals surface area contributed by atoms with E-state index in [2.05, 4.69) is 22.6 Å². The van der Waals surface area contributed by atoms with Gasteiger partial charge in [0.1, 0.15) is 0 Å². The Kier molecular flexibility index (Phi) is 4.71. The molecule has 1 aliphatic rings. The molecule has 1 fully saturated rings. The van der Waals surface area contributed by atoms with Crippen molar-refractivity contribution in [3.63, 3.8) is 0 Å². The van der Waals surface area contributed by atoms with Gasteiger partial charge in [-0.25, -0.2) is 0 Å². The Morgan fingerprint density at radius 1 is 1.27 bits per heavy atom. The number of ether oxygens (including phenoxy) is 1. The Morgan fingerprint density at radius 2 is 1.91 bits per heavy atom. The Labute approximate surface area is 81.5 Å². The summed E-state index contributed by atoms with van der Waals surface area (Å²) in [5.74, 6) is 0. The van der Waals surface area contributed by atoms with Gasteiger partial charge in [-0.3, -0.25) is 0 Å². The molecule has 0 amide bonds. The highest BCUT2D eigenvalue weighted by atomic mass is 127. The van der Waals surface area contributed by atoms with Gasteiger partial charge in [0.15, 0.2) is 0 Å². The number of halogens is 1. The van der Waals surface area contributed by atoms with Crippen molar-refractivity contribution in [1.82, 2.24) is 0 Å². The third kappa shape index (κ3) is 3.25. The zero-order chi connectivity index (χ0) is 8.10. The van der Waals surface area contributed by atoms with E-state index >= 15 is 0 Å². The fourth-order valence-corrected chi connectivity index (χ4v) is 2.05. The van der Waals surface area contributed by atoms with E-state index in [0.29, 0.717) is 6.10 Å². The molecular weight excluding hydrogens is 255 g/mol. The largest absolute Gasteiger partial charge is 0.394 e. The van der Waals surface area contributed by atoms with Crippen molar-refractivity contribution >= 4 is 22.6 Å². The van der Waals surface area contributed by atoms with Gasteiger partial charge in [-0.1, -0.05) is 35.4 Å². The first-order valence-electron chi connectivity index (χ1n) is 4.19. The van der Waals surface area contributed by atoms with Crippen molar-refractivity contribution in [3.05, 3.63) is 0 Å². The third-order valence-corrected chi connectivity index (χ3v) is 3.05. The first kappa shape index (κ1) is 9.74. The lowest BCUT2D eigenvalue weighted by molar-refractivity contribution is -0.0236. The maximum absolute atomic E-state index is 8.90. The quantitative estimate of drug-likeness (QED) is 0.611. The van der Waals surface area contributed by atoms with Crippen LogP contribution in [0.4, 0.5) is 0 Å². The summed E-state index contributed by atoms with van der Waals surface area (Å²) in [6.45, 7) is 0.188. The van der Waals surface area contributed by atoms with Crippen LogP contribution in [0.1, 0.15) is 25.7 Å². The molecule has 0 aromatic carbocycles. The summed E-state index contributed by atoms with van der Waals surface area (Å²) in [6, 6.07) is 0. The fourth-order valence-electron chi connectivity index (χ4n) is 1.40. The van der Waals surface area contributed by atoms with E-state index in [1.165, 1.54) is 19.3 Å². The van der Waals surface area contributed by atoms with E-state index in [0.717, 1.165) is 10.8 Å². The van der Waals surface area contributed by atoms with Gasteiger partial charge in [-0.15, -0.1) is 0 Å². The molecule has 0 saturated carbocycles. The molecule has 0 spiro atoms. The van der Waals surface area contributed by atoms with E-state index < -0.39 is 0 Å². The summed E-state index contributed by atoms with van der Waals surface area (Å²) in [7, 11) is 0. The van der Waals surface area contributed by atoms with Crippen LogP contribution >= 0.6 is 22.6 Å². The summed E-state index contributed by atoms with van der Waals surface area (Å²) in [4.78, 5) is 0. The molecule has 66 valence electrons. The minimum absolute atomic E-state index is 0.109. The smallest absolute Gasteiger partial charge is 0.0809 e. The van der Waals surface area contributed by atoms with E-state index in [4.69, 9.17) is 9.84 Å². The van der Waals surface area contributed by atoms with Crippen LogP contribution in [0.5, 0.6) is 0 Å². The van der Waals surface area contributed by atoms with Gasteiger partial charge >= 0.3 is 0 Å². The lowest BCUT2D eigenvalue weighted by Gasteiger charge is -2.17. The second-order valence-electron chi connectivity index (χ2n) is 3.00. The molecule has 0 unspecified atom stereocenters. The van der Waals surface area contributed by atoms with Crippen LogP contribution < -0.4 is 0 Å². The molecule has 0 radical (unpaired) electrons. The Bertz CT molecular complexity index is 96.3. The number of rotatable bonds is 2. The topological polar surface area (TPSA) is 29.5 Å². The minimum atomic E-state index is 0.109. The average Bonchev–Trinajstić information content (AvgIpc) is 2.28. The molecule has 11 heavy (non-hydrogen) atoms. The molecule has 1 rings (SSSR count). The number of aliphatic hydroxyl groups is 1. The van der Waals surface area contributed by atoms with Gasteiger partial charge < -0.3 is 9.84 Å². The SMILES string of the molecule is OC[C@@H]1CCCC[C@H](CI)O1. The van der Waals surface area contributed by atoms with Crippen molar-refractivity contribution in [1.29, 1.82) is 0 Å². The van der Waals surface area contributed by atoms with Crippen LogP contribution in [0.3, 0.4) is 0 Å². The van der Waals surface area contributed by atoms with Gasteiger partial charge in [0.2, 0.25) is 0 Å². The third-order valence-electron chi connectivity index (χ3n) is 2.06. The predicted molar refractivity (Wildman–Crippen MR) is 53.1 cm³/mol. The second kappa shape index (κ2) is 5.32. The van der Waals surface area contributed by atoms with Gasteiger partial charge in [0, 0.05) is 4.43 Å². The monoisotopic (exact) mass is 270 g/mol. The summed E-state index contributed by atoms with van der Waals surface area (Å²) in [5.41, 5.74) is 0. The van der Waals surface area contributed by atoms with Gasteiger partial charge in [-0.2, -0.15) is 0 Å². The normalized spacial score (nSPS) is 33.3. The molecule has 1 saturated heterocycles. The Balaban J connectivity index is 2.33. The van der Waals surface area contributed by atoms with Crippen LogP contribution in [0, 0.1) is 0 Å². The van der Waals surface area contributed by atoms with Crippen LogP contribution in [-0.2, 0) is 4.74 Å². The first-order valence-corrected chi connectivity index (χ1v) is 5.71. The average molecular weight is 270 g/mol. The highest BCUT2D eigenvalue weighted by Crippen LogP contribution is 2.19. The summed E-state index contributed by atoms with van der Waals surface area (Å²) < 4.78 is 6.70. The minimum Gasteiger partial charge on any atom is -0.394 e. The highest BCUT2D eigenvalue weighted by Gasteiger charge is 2.18. The van der Waals surface area contributed by atoms with Gasteiger partial charge in [0.05, 0.1) is 18.8 Å². The number of hydrogen-bond donors (Lipinski definition) is 1. The van der Waals surface area contributed by atoms with E-state index in [-0.39, 0.29) is 12.7 Å². The van der Waals surface area contributed by atoms with Gasteiger partial charge in [-0.05, 0) is 12.8 Å². The van der Waals surface area contributed by atoms with Crippen LogP contribution in [0.2, 0.25) is 0 Å². The Hall–Kier alpha value is 0.650. The molecule has 1 heterocycles. The predicted octanol–water partition coefficient (Wildman–Crippen LogP) is 1.74. The zero-order valence-electron chi connectivity index (χ0n) is 6.63. The lowest BCUT2D eigenvalue weighted by Crippen LogP contribution is -2.23. The van der Waals surface area contributed by atoms with Crippen LogP contribution in [-0.4, -0.2) is 28.3 Å². The van der Waals surface area contributed by atoms with Crippen LogP contribution in [0.15, 0.2) is 0 Å². The molecular formula is C8H15IO2. The Morgan fingerprint density at radius 3 is 2.45 bits per heavy atom. The molecule has 0 aliphatic carbocycles. The molecule has 1 aliphatic heterocycles. The molecule has 3 heteroatoms. The van der Waals surface area contributed by atoms with E-state index in [1.807, 2.05) is 0 Å². The maximum atomic E-state index is 8.90. The molecule has 2 atom stereocenters. The van der Waals surface area contributed by atoms with E-state index in [9.17, 15) is 0 Å². The van der Waals surface area contributed by atoms with Crippen molar-refractivity contribution in [2.75, 3.05) is 11.0 Å². The molecule has 0 aromatic heterocycles. The molecule has 0 aromatic rings. The lowest BCUT2D eigenvalue weighted by atomic mass is 10.1. The maximum Gasteiger partial charge on any atom is 0.0809 e. The van der Waals surface area contributed by atoms with Crippen molar-refractivity contribution < 1.29 is 9.84 Å². The number of hydrogen-bond acceptors (Lipinski definition) is 2. The molecule has 2 nitrogen and oxygen atoms in total. The second-order valence-corrected chi connectivity index (χ2v) is 3.88. The van der Waals surface area contributed by atoms with Crippen molar-refractivity contribution in [3.8, 4) is 0 Å². The van der Waals surface area contributed by atoms with Gasteiger partial charge in [0.25, 0.3) is 0 Å². The standard InChI is InChI=1S/C8H15IO2/c9-5-7-3-1-2-4-8(6-10)11-7/h7-8,10H,1-6H2/t7-,8+/m1/s1. The summed E-state index contributed by atoms with van der Waals surface area (Å²) in [5, 5.41) is 8.90. The zero-order valence-corrected chi connectivity index (χ0v) is 8.79. The summed E-state index contributed by atoms with van der Waals surface area (Å²) >= 11 is 2.34. The molecule has 0 bridgehead atoms.